The Labute approximate surface area is 76.1 Å². The third-order valence-corrected chi connectivity index (χ3v) is 1.15. The van der Waals surface area contributed by atoms with Crippen LogP contribution >= 0.6 is 0 Å². The molecule has 0 radical (unpaired) electrons. The molecule has 2 heterocycles. The molecule has 0 saturated carbocycles. The second kappa shape index (κ2) is 5.65. The first kappa shape index (κ1) is 9.12. The van der Waals surface area contributed by atoms with Gasteiger partial charge in [-0.25, -0.2) is 4.79 Å². The molecule has 66 valence electrons. The van der Waals surface area contributed by atoms with E-state index in [9.17, 15) is 4.79 Å². The van der Waals surface area contributed by atoms with Gasteiger partial charge in [-0.3, -0.25) is 0 Å². The normalized spacial score (nSPS) is 16.5. The summed E-state index contributed by atoms with van der Waals surface area (Å²) in [5, 5.41) is 2.92. The molecule has 4 nitrogen and oxygen atoms in total. The number of rotatable bonds is 0. The number of nitrogens with one attached hydrogen (secondary N) is 1. The SMILES string of the molecule is C1=CC=CNC=C1.O=C1N=CC=N1. The molecule has 0 unspecified atom stereocenters. The topological polar surface area (TPSA) is 53.8 Å². The molecular weight excluding hydrogens is 166 g/mol. The number of amides is 2. The second-order valence-electron chi connectivity index (χ2n) is 2.11. The summed E-state index contributed by atoms with van der Waals surface area (Å²) in [5.41, 5.74) is 0. The Hall–Kier alpha value is -1.97. The van der Waals surface area contributed by atoms with Crippen molar-refractivity contribution < 1.29 is 4.79 Å². The lowest BCUT2D eigenvalue weighted by Crippen LogP contribution is -1.87. The smallest absolute Gasteiger partial charge is 0.367 e. The molecular formula is C9H9N3O. The van der Waals surface area contributed by atoms with Gasteiger partial charge in [0.1, 0.15) is 0 Å². The third kappa shape index (κ3) is 4.47. The average Bonchev–Trinajstić information content (AvgIpc) is 2.48. The van der Waals surface area contributed by atoms with Gasteiger partial charge in [0.15, 0.2) is 0 Å². The van der Waals surface area contributed by atoms with Crippen LogP contribution in [0, 0.1) is 0 Å². The molecule has 2 amide bonds. The molecule has 4 heteroatoms. The molecule has 1 N–H and O–H groups in total. The maximum absolute atomic E-state index is 9.85. The third-order valence-electron chi connectivity index (χ3n) is 1.15. The van der Waals surface area contributed by atoms with E-state index < -0.39 is 6.03 Å². The number of aliphatic imine (C=N–C) groups is 2. The van der Waals surface area contributed by atoms with Gasteiger partial charge in [0.2, 0.25) is 0 Å². The Morgan fingerprint density at radius 1 is 0.923 bits per heavy atom. The van der Waals surface area contributed by atoms with Crippen LogP contribution in [0.4, 0.5) is 4.79 Å². The Morgan fingerprint density at radius 3 is 1.85 bits per heavy atom. The molecule has 0 atom stereocenters. The van der Waals surface area contributed by atoms with E-state index in [0.717, 1.165) is 0 Å². The number of carbonyl (C=O) groups excluding carboxylic acids is 1. The summed E-state index contributed by atoms with van der Waals surface area (Å²) in [5.74, 6) is 0. The number of hydrogen-bond acceptors (Lipinski definition) is 2. The van der Waals surface area contributed by atoms with Gasteiger partial charge >= 0.3 is 6.03 Å². The van der Waals surface area contributed by atoms with Crippen LogP contribution in [0.15, 0.2) is 46.7 Å². The van der Waals surface area contributed by atoms with E-state index in [0.29, 0.717) is 0 Å². The highest BCUT2D eigenvalue weighted by atomic mass is 16.2. The van der Waals surface area contributed by atoms with Crippen molar-refractivity contribution in [3.63, 3.8) is 0 Å². The van der Waals surface area contributed by atoms with Crippen LogP contribution < -0.4 is 5.32 Å². The van der Waals surface area contributed by atoms with E-state index in [1.54, 1.807) is 0 Å². The predicted molar refractivity (Wildman–Crippen MR) is 52.9 cm³/mol. The first-order chi connectivity index (χ1) is 6.39. The fraction of sp³-hybridized carbons (Fsp3) is 0. The lowest BCUT2D eigenvalue weighted by atomic mass is 10.5. The highest BCUT2D eigenvalue weighted by molar-refractivity contribution is 6.25. The monoisotopic (exact) mass is 175 g/mol. The molecule has 0 saturated heterocycles. The van der Waals surface area contributed by atoms with Crippen molar-refractivity contribution >= 4 is 18.5 Å². The molecule has 2 rings (SSSR count). The minimum atomic E-state index is -0.407. The maximum Gasteiger partial charge on any atom is 0.367 e. The molecule has 0 fully saturated rings. The van der Waals surface area contributed by atoms with E-state index in [1.807, 2.05) is 36.7 Å². The van der Waals surface area contributed by atoms with Crippen molar-refractivity contribution in [1.29, 1.82) is 0 Å². The minimum absolute atomic E-state index is 0.407. The van der Waals surface area contributed by atoms with E-state index >= 15 is 0 Å². The van der Waals surface area contributed by atoms with Crippen molar-refractivity contribution in [2.45, 2.75) is 0 Å². The quantitative estimate of drug-likeness (QED) is 0.605. The van der Waals surface area contributed by atoms with E-state index in [4.69, 9.17) is 0 Å². The van der Waals surface area contributed by atoms with Gasteiger partial charge in [0, 0.05) is 12.4 Å². The van der Waals surface area contributed by atoms with Gasteiger partial charge in [0.05, 0.1) is 12.4 Å². The summed E-state index contributed by atoms with van der Waals surface area (Å²) in [6.07, 6.45) is 14.3. The van der Waals surface area contributed by atoms with Crippen LogP contribution in [-0.4, -0.2) is 18.5 Å². The van der Waals surface area contributed by atoms with E-state index in [1.165, 1.54) is 12.4 Å². The Kier molecular flexibility index (Phi) is 3.96. The summed E-state index contributed by atoms with van der Waals surface area (Å²) in [6, 6.07) is -0.407. The molecule has 2 aliphatic heterocycles. The van der Waals surface area contributed by atoms with Crippen molar-refractivity contribution in [3.8, 4) is 0 Å². The number of nitrogens with zero attached hydrogens (tertiary/aromatic N) is 2. The molecule has 13 heavy (non-hydrogen) atoms. The molecule has 0 spiro atoms. The molecule has 0 bridgehead atoms. The van der Waals surface area contributed by atoms with Crippen LogP contribution in [0.2, 0.25) is 0 Å². The Balaban J connectivity index is 0.000000132. The summed E-state index contributed by atoms with van der Waals surface area (Å²) in [4.78, 5) is 16.3. The zero-order valence-corrected chi connectivity index (χ0v) is 6.92. The number of urea groups is 1. The number of hydrogen-bond donors (Lipinski definition) is 1. The largest absolute Gasteiger partial charge is 0.368 e. The van der Waals surface area contributed by atoms with E-state index in [-0.39, 0.29) is 0 Å². The zero-order valence-electron chi connectivity index (χ0n) is 6.92. The number of allylic oxidation sites excluding steroid dienone is 4. The van der Waals surface area contributed by atoms with E-state index in [2.05, 4.69) is 15.3 Å². The van der Waals surface area contributed by atoms with Gasteiger partial charge in [-0.2, -0.15) is 9.98 Å². The van der Waals surface area contributed by atoms with Gasteiger partial charge in [-0.05, 0) is 12.2 Å². The Morgan fingerprint density at radius 2 is 1.46 bits per heavy atom. The predicted octanol–water partition coefficient (Wildman–Crippen LogP) is 1.43. The molecule has 0 aliphatic carbocycles. The van der Waals surface area contributed by atoms with Gasteiger partial charge in [-0.1, -0.05) is 12.2 Å². The summed E-state index contributed by atoms with van der Waals surface area (Å²) in [7, 11) is 0. The van der Waals surface area contributed by atoms with Gasteiger partial charge in [0.25, 0.3) is 0 Å². The van der Waals surface area contributed by atoms with Crippen molar-refractivity contribution in [2.75, 3.05) is 0 Å². The van der Waals surface area contributed by atoms with Crippen LogP contribution in [0.1, 0.15) is 0 Å². The second-order valence-corrected chi connectivity index (χ2v) is 2.11. The van der Waals surface area contributed by atoms with Crippen molar-refractivity contribution in [1.82, 2.24) is 5.32 Å². The van der Waals surface area contributed by atoms with Crippen LogP contribution in [-0.2, 0) is 0 Å². The first-order valence-corrected chi connectivity index (χ1v) is 3.75. The first-order valence-electron chi connectivity index (χ1n) is 3.75. The van der Waals surface area contributed by atoms with Crippen molar-refractivity contribution in [2.24, 2.45) is 9.98 Å². The van der Waals surface area contributed by atoms with Crippen LogP contribution in [0.3, 0.4) is 0 Å². The number of carbonyl (C=O) groups is 1. The highest BCUT2D eigenvalue weighted by Crippen LogP contribution is 1.82. The highest BCUT2D eigenvalue weighted by Gasteiger charge is 1.91. The molecule has 0 aromatic carbocycles. The molecule has 2 aliphatic rings. The lowest BCUT2D eigenvalue weighted by Gasteiger charge is -1.79. The summed E-state index contributed by atoms with van der Waals surface area (Å²) >= 11 is 0. The molecule has 0 aromatic rings. The Bertz CT molecular complexity index is 283. The minimum Gasteiger partial charge on any atom is -0.368 e. The summed E-state index contributed by atoms with van der Waals surface area (Å²) in [6.45, 7) is 0. The summed E-state index contributed by atoms with van der Waals surface area (Å²) < 4.78 is 0. The van der Waals surface area contributed by atoms with Gasteiger partial charge in [-0.15, -0.1) is 0 Å². The lowest BCUT2D eigenvalue weighted by molar-refractivity contribution is 0.257. The van der Waals surface area contributed by atoms with Crippen molar-refractivity contribution in [3.05, 3.63) is 36.7 Å². The standard InChI is InChI=1S/C6H7N.C3H2N2O/c1-2-4-6-7-5-3-1;6-3-4-1-2-5-3/h1-7H;1-2H. The van der Waals surface area contributed by atoms with Crippen LogP contribution in [0.5, 0.6) is 0 Å². The van der Waals surface area contributed by atoms with Gasteiger partial charge < -0.3 is 5.32 Å². The fourth-order valence-corrected chi connectivity index (χ4v) is 0.634. The molecule has 0 aromatic heterocycles. The zero-order chi connectivity index (χ0) is 9.36. The maximum atomic E-state index is 9.85. The fourth-order valence-electron chi connectivity index (χ4n) is 0.634. The average molecular weight is 175 g/mol. The van der Waals surface area contributed by atoms with Crippen LogP contribution in [0.25, 0.3) is 0 Å².